The third kappa shape index (κ3) is 2.69. The van der Waals surface area contributed by atoms with E-state index in [1.165, 1.54) is 0 Å². The summed E-state index contributed by atoms with van der Waals surface area (Å²) in [6.45, 7) is 4.47. The van der Waals surface area contributed by atoms with Crippen LogP contribution in [0.2, 0.25) is 0 Å². The Bertz CT molecular complexity index is 927. The molecule has 1 N–H and O–H groups in total. The van der Waals surface area contributed by atoms with E-state index in [9.17, 15) is 9.90 Å². The van der Waals surface area contributed by atoms with Crippen molar-refractivity contribution in [2.75, 3.05) is 6.61 Å². The van der Waals surface area contributed by atoms with Crippen molar-refractivity contribution in [3.05, 3.63) is 46.1 Å². The Morgan fingerprint density at radius 1 is 1.42 bits per heavy atom. The van der Waals surface area contributed by atoms with E-state index in [4.69, 9.17) is 4.74 Å². The highest BCUT2D eigenvalue weighted by Gasteiger charge is 2.24. The molecule has 0 aliphatic carbocycles. The first-order valence-electron chi connectivity index (χ1n) is 7.58. The van der Waals surface area contributed by atoms with E-state index in [0.717, 1.165) is 17.0 Å². The zero-order valence-electron chi connectivity index (χ0n) is 13.7. The number of esters is 1. The molecule has 1 aromatic carbocycles. The molecule has 0 atom stereocenters. The molecule has 3 rings (SSSR count). The highest BCUT2D eigenvalue weighted by molar-refractivity contribution is 9.10. The number of nitrogens with zero attached hydrogens (tertiary/aromatic N) is 3. The molecule has 0 fully saturated rings. The number of benzene rings is 1. The molecule has 7 heteroatoms. The van der Waals surface area contributed by atoms with Crippen molar-refractivity contribution >= 4 is 32.8 Å². The van der Waals surface area contributed by atoms with Crippen LogP contribution in [0.5, 0.6) is 5.75 Å². The van der Waals surface area contributed by atoms with Crippen LogP contribution in [0.1, 0.15) is 28.8 Å². The summed E-state index contributed by atoms with van der Waals surface area (Å²) >= 11 is 3.33. The molecule has 0 radical (unpaired) electrons. The molecule has 3 aromatic rings. The quantitative estimate of drug-likeness (QED) is 0.692. The molecule has 0 saturated heterocycles. The van der Waals surface area contributed by atoms with Gasteiger partial charge in [-0.3, -0.25) is 0 Å². The maximum absolute atomic E-state index is 12.5. The van der Waals surface area contributed by atoms with Crippen LogP contribution in [0.4, 0.5) is 0 Å². The Morgan fingerprint density at radius 2 is 2.17 bits per heavy atom. The molecule has 0 spiro atoms. The molecule has 0 aliphatic heterocycles. The van der Waals surface area contributed by atoms with Gasteiger partial charge in [-0.2, -0.15) is 0 Å². The maximum Gasteiger partial charge on any atom is 0.340 e. The van der Waals surface area contributed by atoms with E-state index >= 15 is 0 Å². The Kier molecular flexibility index (Phi) is 4.36. The molecule has 0 saturated carbocycles. The number of aromatic nitrogens is 3. The van der Waals surface area contributed by atoms with Crippen molar-refractivity contribution in [2.45, 2.75) is 20.4 Å². The number of fused-ring (bicyclic) bond motifs is 1. The van der Waals surface area contributed by atoms with Crippen molar-refractivity contribution < 1.29 is 14.6 Å². The number of hydrogen-bond donors (Lipinski definition) is 1. The van der Waals surface area contributed by atoms with Crippen LogP contribution >= 0.6 is 15.9 Å². The van der Waals surface area contributed by atoms with E-state index in [1.54, 1.807) is 25.3 Å². The number of imidazole rings is 1. The fourth-order valence-corrected chi connectivity index (χ4v) is 3.18. The lowest BCUT2D eigenvalue weighted by Crippen LogP contribution is -2.12. The summed E-state index contributed by atoms with van der Waals surface area (Å²) in [5.41, 5.74) is 2.13. The van der Waals surface area contributed by atoms with Gasteiger partial charge >= 0.3 is 5.97 Å². The van der Waals surface area contributed by atoms with Crippen molar-refractivity contribution in [1.29, 1.82) is 0 Å². The van der Waals surface area contributed by atoms with Gasteiger partial charge in [-0.1, -0.05) is 0 Å². The van der Waals surface area contributed by atoms with Crippen molar-refractivity contribution in [1.82, 2.24) is 14.1 Å². The minimum atomic E-state index is -0.391. The van der Waals surface area contributed by atoms with Crippen LogP contribution in [0.25, 0.3) is 10.9 Å². The molecular formula is C17H18BrN3O3. The molecule has 126 valence electrons. The van der Waals surface area contributed by atoms with Crippen LogP contribution in [0, 0.1) is 6.92 Å². The Hall–Kier alpha value is -2.28. The monoisotopic (exact) mass is 391 g/mol. The Morgan fingerprint density at radius 3 is 2.79 bits per heavy atom. The van der Waals surface area contributed by atoms with Gasteiger partial charge < -0.3 is 19.0 Å². The zero-order chi connectivity index (χ0) is 17.4. The number of hydrogen-bond acceptors (Lipinski definition) is 4. The highest BCUT2D eigenvalue weighted by atomic mass is 79.9. The Labute approximate surface area is 147 Å². The van der Waals surface area contributed by atoms with E-state index in [0.29, 0.717) is 28.6 Å². The second-order valence-corrected chi connectivity index (χ2v) is 6.38. The SMILES string of the molecule is CCOC(=O)c1c(Cn2ccnc2C)n(C)c2cc(Br)c(O)cc12. The second-order valence-electron chi connectivity index (χ2n) is 5.52. The fraction of sp³-hybridized carbons (Fsp3) is 0.294. The van der Waals surface area contributed by atoms with Crippen molar-refractivity contribution in [2.24, 2.45) is 7.05 Å². The summed E-state index contributed by atoms with van der Waals surface area (Å²) < 4.78 is 9.73. The maximum atomic E-state index is 12.5. The first kappa shape index (κ1) is 16.6. The summed E-state index contributed by atoms with van der Waals surface area (Å²) in [4.78, 5) is 16.8. The van der Waals surface area contributed by atoms with Gasteiger partial charge in [0.25, 0.3) is 0 Å². The lowest BCUT2D eigenvalue weighted by Gasteiger charge is -2.10. The third-order valence-corrected chi connectivity index (χ3v) is 4.75. The molecule has 2 aromatic heterocycles. The Balaban J connectivity index is 2.25. The van der Waals surface area contributed by atoms with Crippen LogP contribution in [-0.2, 0) is 18.3 Å². The topological polar surface area (TPSA) is 69.3 Å². The summed E-state index contributed by atoms with van der Waals surface area (Å²) in [6, 6.07) is 3.40. The number of ether oxygens (including phenoxy) is 1. The standard InChI is InChI=1S/C17H18BrN3O3/c1-4-24-17(23)16-11-7-15(22)12(18)8-13(11)20(3)14(16)9-21-6-5-19-10(21)2/h5-8,22H,4,9H2,1-3H3. The van der Waals surface area contributed by atoms with Crippen LogP contribution in [0.15, 0.2) is 29.0 Å². The van der Waals surface area contributed by atoms with Gasteiger partial charge in [-0.25, -0.2) is 9.78 Å². The normalized spacial score (nSPS) is 11.2. The lowest BCUT2D eigenvalue weighted by molar-refractivity contribution is 0.0527. The van der Waals surface area contributed by atoms with E-state index in [-0.39, 0.29) is 5.75 Å². The molecular weight excluding hydrogens is 374 g/mol. The fourth-order valence-electron chi connectivity index (χ4n) is 2.85. The largest absolute Gasteiger partial charge is 0.507 e. The molecule has 0 bridgehead atoms. The van der Waals surface area contributed by atoms with Gasteiger partial charge in [0.1, 0.15) is 11.6 Å². The molecule has 6 nitrogen and oxygen atoms in total. The van der Waals surface area contributed by atoms with Crippen LogP contribution < -0.4 is 0 Å². The molecule has 24 heavy (non-hydrogen) atoms. The highest BCUT2D eigenvalue weighted by Crippen LogP contribution is 2.34. The van der Waals surface area contributed by atoms with E-state index in [2.05, 4.69) is 20.9 Å². The predicted octanol–water partition coefficient (Wildman–Crippen LogP) is 3.38. The molecule has 0 unspecified atom stereocenters. The number of carbonyl (C=O) groups is 1. The van der Waals surface area contributed by atoms with Crippen molar-refractivity contribution in [3.63, 3.8) is 0 Å². The average Bonchev–Trinajstić information content (AvgIpc) is 3.04. The summed E-state index contributed by atoms with van der Waals surface area (Å²) in [6.07, 6.45) is 3.60. The van der Waals surface area contributed by atoms with Gasteiger partial charge in [-0.05, 0) is 41.9 Å². The minimum Gasteiger partial charge on any atom is -0.507 e. The summed E-state index contributed by atoms with van der Waals surface area (Å²) in [7, 11) is 1.90. The van der Waals surface area contributed by atoms with E-state index < -0.39 is 5.97 Å². The lowest BCUT2D eigenvalue weighted by atomic mass is 10.1. The number of aryl methyl sites for hydroxylation is 2. The van der Waals surface area contributed by atoms with Crippen LogP contribution in [-0.4, -0.2) is 31.8 Å². The predicted molar refractivity (Wildman–Crippen MR) is 94.3 cm³/mol. The molecule has 0 aliphatic rings. The van der Waals surface area contributed by atoms with Gasteiger partial charge in [-0.15, -0.1) is 0 Å². The number of phenols is 1. The number of aromatic hydroxyl groups is 1. The summed E-state index contributed by atoms with van der Waals surface area (Å²) in [5, 5.41) is 10.7. The van der Waals surface area contributed by atoms with Gasteiger partial charge in [0.2, 0.25) is 0 Å². The van der Waals surface area contributed by atoms with Gasteiger partial charge in [0.05, 0.1) is 34.4 Å². The van der Waals surface area contributed by atoms with E-state index in [1.807, 2.05) is 29.3 Å². The smallest absolute Gasteiger partial charge is 0.340 e. The van der Waals surface area contributed by atoms with Gasteiger partial charge in [0.15, 0.2) is 0 Å². The zero-order valence-corrected chi connectivity index (χ0v) is 15.3. The number of halogens is 1. The first-order valence-corrected chi connectivity index (χ1v) is 8.38. The minimum absolute atomic E-state index is 0.0870. The molecule has 2 heterocycles. The van der Waals surface area contributed by atoms with Crippen LogP contribution in [0.3, 0.4) is 0 Å². The average molecular weight is 392 g/mol. The second kappa shape index (κ2) is 6.32. The first-order chi connectivity index (χ1) is 11.4. The number of phenolic OH excluding ortho intramolecular Hbond substituents is 1. The van der Waals surface area contributed by atoms with Crippen molar-refractivity contribution in [3.8, 4) is 5.75 Å². The summed E-state index contributed by atoms with van der Waals surface area (Å²) in [5.74, 6) is 0.556. The third-order valence-electron chi connectivity index (χ3n) is 4.11. The number of rotatable bonds is 4. The van der Waals surface area contributed by atoms with Gasteiger partial charge in [0, 0.05) is 24.8 Å². The number of carbonyl (C=O) groups excluding carboxylic acids is 1. The molecule has 0 amide bonds.